The summed E-state index contributed by atoms with van der Waals surface area (Å²) < 4.78 is 5.60. The second-order valence-corrected chi connectivity index (χ2v) is 5.64. The molecule has 2 heteroatoms. The summed E-state index contributed by atoms with van der Waals surface area (Å²) in [5.41, 5.74) is 0. The van der Waals surface area contributed by atoms with Crippen LogP contribution >= 0.6 is 0 Å². The van der Waals surface area contributed by atoms with Crippen LogP contribution in [0.25, 0.3) is 0 Å². The predicted octanol–water partition coefficient (Wildman–Crippen LogP) is 3.38. The quantitative estimate of drug-likeness (QED) is 0.688. The summed E-state index contributed by atoms with van der Waals surface area (Å²) in [5.74, 6) is 1.63. The first-order valence-electron chi connectivity index (χ1n) is 7.11. The summed E-state index contributed by atoms with van der Waals surface area (Å²) in [6.07, 6.45) is 7.59. The van der Waals surface area contributed by atoms with Gasteiger partial charge in [0.05, 0.1) is 12.7 Å². The highest BCUT2D eigenvalue weighted by Gasteiger charge is 2.27. The van der Waals surface area contributed by atoms with Gasteiger partial charge in [0.15, 0.2) is 0 Å². The largest absolute Gasteiger partial charge is 0.373 e. The molecule has 17 heavy (non-hydrogen) atoms. The first-order chi connectivity index (χ1) is 8.15. The van der Waals surface area contributed by atoms with Crippen LogP contribution in [0.3, 0.4) is 0 Å². The van der Waals surface area contributed by atoms with E-state index in [0.717, 1.165) is 18.4 Å². The van der Waals surface area contributed by atoms with Crippen LogP contribution < -0.4 is 5.32 Å². The molecule has 1 saturated carbocycles. The average Bonchev–Trinajstić information content (AvgIpc) is 2.34. The van der Waals surface area contributed by atoms with Gasteiger partial charge in [0.25, 0.3) is 0 Å². The van der Waals surface area contributed by atoms with Crippen molar-refractivity contribution in [2.45, 2.75) is 58.6 Å². The monoisotopic (exact) mass is 239 g/mol. The fourth-order valence-electron chi connectivity index (χ4n) is 2.82. The van der Waals surface area contributed by atoms with Crippen molar-refractivity contribution in [1.82, 2.24) is 5.32 Å². The molecular weight excluding hydrogens is 210 g/mol. The van der Waals surface area contributed by atoms with Crippen LogP contribution in [0.15, 0.2) is 12.7 Å². The molecule has 0 heterocycles. The Morgan fingerprint density at radius 2 is 2.00 bits per heavy atom. The van der Waals surface area contributed by atoms with Crippen LogP contribution in [0.2, 0.25) is 0 Å². The number of hydrogen-bond donors (Lipinski definition) is 1. The van der Waals surface area contributed by atoms with E-state index in [9.17, 15) is 0 Å². The molecule has 0 aromatic carbocycles. The van der Waals surface area contributed by atoms with E-state index in [1.807, 2.05) is 6.08 Å². The molecule has 100 valence electrons. The lowest BCUT2D eigenvalue weighted by molar-refractivity contribution is 0.0786. The fourth-order valence-corrected chi connectivity index (χ4v) is 2.82. The Labute approximate surface area is 107 Å². The van der Waals surface area contributed by atoms with Gasteiger partial charge in [-0.1, -0.05) is 32.8 Å². The molecule has 0 radical (unpaired) electrons. The number of nitrogens with one attached hydrogen (secondary N) is 1. The van der Waals surface area contributed by atoms with Gasteiger partial charge in [-0.05, 0) is 31.6 Å². The van der Waals surface area contributed by atoms with Crippen molar-refractivity contribution in [2.24, 2.45) is 11.8 Å². The predicted molar refractivity (Wildman–Crippen MR) is 74.2 cm³/mol. The normalized spacial score (nSPS) is 27.1. The van der Waals surface area contributed by atoms with E-state index in [1.54, 1.807) is 0 Å². The molecule has 0 aromatic rings. The first-order valence-corrected chi connectivity index (χ1v) is 7.11. The minimum Gasteiger partial charge on any atom is -0.373 e. The third-order valence-corrected chi connectivity index (χ3v) is 3.84. The van der Waals surface area contributed by atoms with Crippen molar-refractivity contribution in [2.75, 3.05) is 13.2 Å². The lowest BCUT2D eigenvalue weighted by Crippen LogP contribution is -2.43. The number of rotatable bonds is 7. The second-order valence-electron chi connectivity index (χ2n) is 5.64. The fraction of sp³-hybridized carbons (Fsp3) is 0.867. The summed E-state index contributed by atoms with van der Waals surface area (Å²) >= 11 is 0. The van der Waals surface area contributed by atoms with Gasteiger partial charge >= 0.3 is 0 Å². The lowest BCUT2D eigenvalue weighted by atomic mass is 9.78. The highest BCUT2D eigenvalue weighted by molar-refractivity contribution is 4.83. The minimum absolute atomic E-state index is 0.280. The average molecular weight is 239 g/mol. The Kier molecular flexibility index (Phi) is 6.83. The van der Waals surface area contributed by atoms with Crippen molar-refractivity contribution in [1.29, 1.82) is 0 Å². The summed E-state index contributed by atoms with van der Waals surface area (Å²) in [4.78, 5) is 0. The molecule has 0 amide bonds. The summed E-state index contributed by atoms with van der Waals surface area (Å²) in [7, 11) is 0. The molecule has 0 aromatic heterocycles. The van der Waals surface area contributed by atoms with E-state index in [-0.39, 0.29) is 6.10 Å². The van der Waals surface area contributed by atoms with Crippen molar-refractivity contribution in [3.8, 4) is 0 Å². The number of ether oxygens (including phenoxy) is 1. The van der Waals surface area contributed by atoms with Crippen LogP contribution in [0.4, 0.5) is 0 Å². The summed E-state index contributed by atoms with van der Waals surface area (Å²) in [5, 5.41) is 3.70. The minimum atomic E-state index is 0.280. The van der Waals surface area contributed by atoms with E-state index in [1.165, 1.54) is 25.7 Å². The third-order valence-electron chi connectivity index (χ3n) is 3.84. The zero-order valence-electron chi connectivity index (χ0n) is 11.7. The molecule has 2 nitrogen and oxygen atoms in total. The Hall–Kier alpha value is -0.340. The second kappa shape index (κ2) is 7.88. The van der Waals surface area contributed by atoms with Crippen LogP contribution in [0.1, 0.15) is 46.5 Å². The molecular formula is C15H29NO. The van der Waals surface area contributed by atoms with E-state index in [0.29, 0.717) is 12.6 Å². The van der Waals surface area contributed by atoms with E-state index in [2.05, 4.69) is 32.7 Å². The van der Waals surface area contributed by atoms with E-state index in [4.69, 9.17) is 4.74 Å². The third kappa shape index (κ3) is 5.22. The lowest BCUT2D eigenvalue weighted by Gasteiger charge is -2.35. The Balaban J connectivity index is 2.30. The van der Waals surface area contributed by atoms with Gasteiger partial charge in [-0.15, -0.1) is 6.58 Å². The van der Waals surface area contributed by atoms with Gasteiger partial charge in [0.2, 0.25) is 0 Å². The summed E-state index contributed by atoms with van der Waals surface area (Å²) in [6, 6.07) is 0.693. The standard InChI is InChI=1S/C15H29NO/c1-5-10-17-13(4)11-16-15-9-7-6-8-14(15)12(2)3/h5,12-16H,1,6-11H2,2-4H3. The number of hydrogen-bond acceptors (Lipinski definition) is 2. The van der Waals surface area contributed by atoms with E-state index < -0.39 is 0 Å². The molecule has 1 aliphatic rings. The highest BCUT2D eigenvalue weighted by atomic mass is 16.5. The van der Waals surface area contributed by atoms with Crippen molar-refractivity contribution >= 4 is 0 Å². The molecule has 3 atom stereocenters. The van der Waals surface area contributed by atoms with Crippen LogP contribution in [0, 0.1) is 11.8 Å². The molecule has 3 unspecified atom stereocenters. The first kappa shape index (κ1) is 14.7. The van der Waals surface area contributed by atoms with Gasteiger partial charge in [-0.25, -0.2) is 0 Å². The van der Waals surface area contributed by atoms with Crippen molar-refractivity contribution in [3.05, 3.63) is 12.7 Å². The molecule has 0 spiro atoms. The highest BCUT2D eigenvalue weighted by Crippen LogP contribution is 2.30. The summed E-state index contributed by atoms with van der Waals surface area (Å²) in [6.45, 7) is 12.1. The van der Waals surface area contributed by atoms with E-state index >= 15 is 0 Å². The molecule has 1 fully saturated rings. The zero-order valence-corrected chi connectivity index (χ0v) is 11.7. The van der Waals surface area contributed by atoms with Crippen molar-refractivity contribution < 1.29 is 4.74 Å². The molecule has 1 N–H and O–H groups in total. The van der Waals surface area contributed by atoms with Gasteiger partial charge < -0.3 is 10.1 Å². The maximum atomic E-state index is 5.60. The van der Waals surface area contributed by atoms with Crippen LogP contribution in [0.5, 0.6) is 0 Å². The Bertz CT molecular complexity index is 215. The maximum absolute atomic E-state index is 5.60. The molecule has 0 bridgehead atoms. The molecule has 0 saturated heterocycles. The zero-order chi connectivity index (χ0) is 12.7. The Morgan fingerprint density at radius 3 is 2.65 bits per heavy atom. The Morgan fingerprint density at radius 1 is 1.29 bits per heavy atom. The van der Waals surface area contributed by atoms with Gasteiger partial charge in [-0.2, -0.15) is 0 Å². The van der Waals surface area contributed by atoms with Gasteiger partial charge in [0, 0.05) is 12.6 Å². The molecule has 1 aliphatic carbocycles. The molecule has 1 rings (SSSR count). The van der Waals surface area contributed by atoms with Crippen LogP contribution in [-0.2, 0) is 4.74 Å². The maximum Gasteiger partial charge on any atom is 0.0675 e. The molecule has 0 aliphatic heterocycles. The van der Waals surface area contributed by atoms with Crippen LogP contribution in [-0.4, -0.2) is 25.3 Å². The van der Waals surface area contributed by atoms with Gasteiger partial charge in [0.1, 0.15) is 0 Å². The topological polar surface area (TPSA) is 21.3 Å². The van der Waals surface area contributed by atoms with Crippen molar-refractivity contribution in [3.63, 3.8) is 0 Å². The SMILES string of the molecule is C=CCOC(C)CNC1CCCCC1C(C)C. The smallest absolute Gasteiger partial charge is 0.0675 e. The van der Waals surface area contributed by atoms with Gasteiger partial charge in [-0.3, -0.25) is 0 Å².